The van der Waals surface area contributed by atoms with Gasteiger partial charge in [0.1, 0.15) is 0 Å². The number of aliphatic hydroxyl groups excluding tert-OH is 1. The fourth-order valence-corrected chi connectivity index (χ4v) is 4.13. The summed E-state index contributed by atoms with van der Waals surface area (Å²) in [5, 5.41) is 8.99. The van der Waals surface area contributed by atoms with Gasteiger partial charge in [0.15, 0.2) is 0 Å². The average molecular weight is 320 g/mol. The molecule has 1 saturated carbocycles. The van der Waals surface area contributed by atoms with Crippen LogP contribution in [0.15, 0.2) is 0 Å². The molecular weight excluding hydrogens is 296 g/mol. The van der Waals surface area contributed by atoms with Gasteiger partial charge < -0.3 is 9.84 Å². The Morgan fingerprint density at radius 2 is 2.00 bits per heavy atom. The Balaban J connectivity index is 1.83. The molecule has 2 aliphatic rings. The molecule has 0 aromatic heterocycles. The summed E-state index contributed by atoms with van der Waals surface area (Å²) in [6.45, 7) is 1.14. The highest BCUT2D eigenvalue weighted by molar-refractivity contribution is 7.87. The number of nitrogens with zero attached hydrogens (tertiary/aromatic N) is 1. The minimum absolute atomic E-state index is 0.0494. The fourth-order valence-electron chi connectivity index (χ4n) is 2.76. The maximum atomic E-state index is 12.2. The van der Waals surface area contributed by atoms with E-state index in [1.165, 1.54) is 11.4 Å². The van der Waals surface area contributed by atoms with Crippen LogP contribution in [0.4, 0.5) is 0 Å². The van der Waals surface area contributed by atoms with Gasteiger partial charge in [0, 0.05) is 26.2 Å². The van der Waals surface area contributed by atoms with Crippen LogP contribution in [0.2, 0.25) is 0 Å². The largest absolute Gasteiger partial charge is 0.469 e. The van der Waals surface area contributed by atoms with E-state index in [-0.39, 0.29) is 23.9 Å². The number of methoxy groups -OCH3 is 1. The minimum Gasteiger partial charge on any atom is -0.469 e. The van der Waals surface area contributed by atoms with Crippen LogP contribution in [0.3, 0.4) is 0 Å². The van der Waals surface area contributed by atoms with Gasteiger partial charge in [-0.15, -0.1) is 0 Å². The lowest BCUT2D eigenvalue weighted by Crippen LogP contribution is -2.47. The number of rotatable bonds is 7. The quantitative estimate of drug-likeness (QED) is 0.637. The molecule has 0 bridgehead atoms. The zero-order valence-corrected chi connectivity index (χ0v) is 13.2. The zero-order chi connectivity index (χ0) is 15.5. The van der Waals surface area contributed by atoms with E-state index in [0.717, 1.165) is 12.8 Å². The van der Waals surface area contributed by atoms with Crippen molar-refractivity contribution in [3.05, 3.63) is 0 Å². The molecule has 1 aliphatic heterocycles. The molecule has 1 aliphatic carbocycles. The highest BCUT2D eigenvalue weighted by atomic mass is 32.2. The molecule has 0 aromatic rings. The van der Waals surface area contributed by atoms with Gasteiger partial charge in [0.05, 0.1) is 13.0 Å². The van der Waals surface area contributed by atoms with Crippen LogP contribution in [0.1, 0.15) is 32.1 Å². The van der Waals surface area contributed by atoms with E-state index in [0.29, 0.717) is 38.9 Å². The molecule has 0 atom stereocenters. The number of piperidine rings is 1. The van der Waals surface area contributed by atoms with E-state index in [4.69, 9.17) is 9.84 Å². The van der Waals surface area contributed by atoms with Crippen molar-refractivity contribution in [2.45, 2.75) is 32.1 Å². The topological polar surface area (TPSA) is 95.9 Å². The number of carbonyl (C=O) groups excluding carboxylic acids is 1. The molecule has 0 unspecified atom stereocenters. The van der Waals surface area contributed by atoms with Crippen LogP contribution < -0.4 is 4.72 Å². The summed E-state index contributed by atoms with van der Waals surface area (Å²) >= 11 is 0. The molecule has 2 rings (SSSR count). The molecule has 122 valence electrons. The number of aliphatic hydroxyl groups is 1. The molecule has 0 amide bonds. The van der Waals surface area contributed by atoms with Gasteiger partial charge in [0.2, 0.25) is 0 Å². The van der Waals surface area contributed by atoms with Gasteiger partial charge in [-0.3, -0.25) is 4.79 Å². The molecule has 8 heteroatoms. The smallest absolute Gasteiger partial charge is 0.308 e. The van der Waals surface area contributed by atoms with Crippen molar-refractivity contribution in [3.8, 4) is 0 Å². The number of nitrogens with one attached hydrogen (secondary N) is 1. The molecule has 2 N–H and O–H groups in total. The Hall–Kier alpha value is -0.700. The maximum Gasteiger partial charge on any atom is 0.308 e. The third kappa shape index (κ3) is 4.15. The van der Waals surface area contributed by atoms with E-state index in [2.05, 4.69) is 4.72 Å². The average Bonchev–Trinajstić information content (AvgIpc) is 3.25. The second-order valence-corrected chi connectivity index (χ2v) is 7.75. The first kappa shape index (κ1) is 16.7. The first-order valence-electron chi connectivity index (χ1n) is 7.36. The Labute approximate surface area is 125 Å². The second-order valence-electron chi connectivity index (χ2n) is 6.00. The summed E-state index contributed by atoms with van der Waals surface area (Å²) in [5.41, 5.74) is -0.0494. The molecule has 2 fully saturated rings. The van der Waals surface area contributed by atoms with Crippen molar-refractivity contribution in [1.29, 1.82) is 0 Å². The van der Waals surface area contributed by atoms with Crippen molar-refractivity contribution in [2.75, 3.05) is 33.4 Å². The Bertz CT molecular complexity index is 467. The van der Waals surface area contributed by atoms with Crippen LogP contribution >= 0.6 is 0 Å². The van der Waals surface area contributed by atoms with Crippen LogP contribution in [-0.4, -0.2) is 57.1 Å². The van der Waals surface area contributed by atoms with Gasteiger partial charge in [-0.25, -0.2) is 4.72 Å². The third-order valence-electron chi connectivity index (χ3n) is 4.56. The summed E-state index contributed by atoms with van der Waals surface area (Å²) in [6, 6.07) is 0. The summed E-state index contributed by atoms with van der Waals surface area (Å²) in [7, 11) is -2.15. The lowest BCUT2D eigenvalue weighted by atomic mass is 9.99. The first-order chi connectivity index (χ1) is 9.92. The van der Waals surface area contributed by atoms with Crippen LogP contribution in [0, 0.1) is 11.3 Å². The van der Waals surface area contributed by atoms with E-state index in [1.807, 2.05) is 0 Å². The molecular formula is C13H24N2O5S. The summed E-state index contributed by atoms with van der Waals surface area (Å²) in [6.07, 6.45) is 3.55. The molecule has 0 spiro atoms. The van der Waals surface area contributed by atoms with E-state index in [9.17, 15) is 13.2 Å². The molecule has 1 saturated heterocycles. The summed E-state index contributed by atoms with van der Waals surface area (Å²) < 4.78 is 33.2. The molecule has 0 radical (unpaired) electrons. The van der Waals surface area contributed by atoms with Crippen molar-refractivity contribution >= 4 is 16.2 Å². The van der Waals surface area contributed by atoms with Crippen molar-refractivity contribution in [1.82, 2.24) is 9.03 Å². The minimum atomic E-state index is -3.50. The first-order valence-corrected chi connectivity index (χ1v) is 8.80. The lowest BCUT2D eigenvalue weighted by Gasteiger charge is -2.30. The van der Waals surface area contributed by atoms with E-state index in [1.54, 1.807) is 0 Å². The van der Waals surface area contributed by atoms with Crippen molar-refractivity contribution in [2.24, 2.45) is 11.3 Å². The number of hydrogen-bond acceptors (Lipinski definition) is 5. The van der Waals surface area contributed by atoms with Gasteiger partial charge in [-0.05, 0) is 37.5 Å². The number of carbonyl (C=O) groups is 1. The van der Waals surface area contributed by atoms with Crippen molar-refractivity contribution < 1.29 is 23.1 Å². The summed E-state index contributed by atoms with van der Waals surface area (Å²) in [5.74, 6) is -0.467. The SMILES string of the molecule is COC(=O)C1CCN(S(=O)(=O)NCC2(CCO)CC2)CC1. The highest BCUT2D eigenvalue weighted by Gasteiger charge is 2.43. The van der Waals surface area contributed by atoms with Crippen molar-refractivity contribution in [3.63, 3.8) is 0 Å². The van der Waals surface area contributed by atoms with Crippen LogP contribution in [0.5, 0.6) is 0 Å². The van der Waals surface area contributed by atoms with Gasteiger partial charge in [0.25, 0.3) is 10.2 Å². The number of hydrogen-bond donors (Lipinski definition) is 2. The number of ether oxygens (including phenoxy) is 1. The zero-order valence-electron chi connectivity index (χ0n) is 12.4. The van der Waals surface area contributed by atoms with Gasteiger partial charge in [-0.1, -0.05) is 0 Å². The Morgan fingerprint density at radius 1 is 1.38 bits per heavy atom. The van der Waals surface area contributed by atoms with Gasteiger partial charge in [-0.2, -0.15) is 12.7 Å². The van der Waals surface area contributed by atoms with Crippen LogP contribution in [0.25, 0.3) is 0 Å². The molecule has 21 heavy (non-hydrogen) atoms. The fraction of sp³-hybridized carbons (Fsp3) is 0.923. The lowest BCUT2D eigenvalue weighted by molar-refractivity contribution is -0.146. The normalized spacial score (nSPS) is 23.0. The Morgan fingerprint density at radius 3 is 2.48 bits per heavy atom. The van der Waals surface area contributed by atoms with Gasteiger partial charge >= 0.3 is 5.97 Å². The molecule has 0 aromatic carbocycles. The highest BCUT2D eigenvalue weighted by Crippen LogP contribution is 2.48. The summed E-state index contributed by atoms with van der Waals surface area (Å²) in [4.78, 5) is 11.4. The Kier molecular flexibility index (Phi) is 5.24. The number of esters is 1. The standard InChI is InChI=1S/C13H24N2O5S/c1-20-12(17)11-2-7-15(8-3-11)21(18,19)14-10-13(4-5-13)6-9-16/h11,14,16H,2-10H2,1H3. The maximum absolute atomic E-state index is 12.2. The molecule has 7 nitrogen and oxygen atoms in total. The second kappa shape index (κ2) is 6.60. The van der Waals surface area contributed by atoms with E-state index >= 15 is 0 Å². The predicted molar refractivity (Wildman–Crippen MR) is 76.6 cm³/mol. The third-order valence-corrected chi connectivity index (χ3v) is 6.11. The molecule has 1 heterocycles. The monoisotopic (exact) mass is 320 g/mol. The predicted octanol–water partition coefficient (Wildman–Crippen LogP) is -0.132. The van der Waals surface area contributed by atoms with E-state index < -0.39 is 10.2 Å². The van der Waals surface area contributed by atoms with Crippen LogP contribution in [-0.2, 0) is 19.7 Å².